The van der Waals surface area contributed by atoms with E-state index in [1.54, 1.807) is 61.7 Å². The molecule has 4 aromatic rings. The minimum absolute atomic E-state index is 0.0337. The Morgan fingerprint density at radius 2 is 1.60 bits per heavy atom. The summed E-state index contributed by atoms with van der Waals surface area (Å²) in [6.45, 7) is 0.140. The number of carbonyl (C=O) groups is 2. The number of alkyl halides is 3. The fourth-order valence-corrected chi connectivity index (χ4v) is 3.87. The third-order valence-electron chi connectivity index (χ3n) is 6.15. The van der Waals surface area contributed by atoms with Gasteiger partial charge < -0.3 is 26.8 Å². The van der Waals surface area contributed by atoms with Gasteiger partial charge in [-0.1, -0.05) is 24.3 Å². The van der Waals surface area contributed by atoms with Crippen LogP contribution >= 0.6 is 0 Å². The number of hydrogen-bond acceptors (Lipinski definition) is 5. The molecule has 0 spiro atoms. The highest BCUT2D eigenvalue weighted by Crippen LogP contribution is 2.29. The van der Waals surface area contributed by atoms with Gasteiger partial charge in [0, 0.05) is 23.0 Å². The van der Waals surface area contributed by atoms with Crippen LogP contribution in [0.4, 0.5) is 34.8 Å². The molecule has 0 saturated heterocycles. The fraction of sp³-hybridized carbons (Fsp3) is 0.133. The van der Waals surface area contributed by atoms with Crippen molar-refractivity contribution in [3.63, 3.8) is 0 Å². The highest BCUT2D eigenvalue weighted by atomic mass is 19.4. The lowest BCUT2D eigenvalue weighted by molar-refractivity contribution is -0.153. The second-order valence-corrected chi connectivity index (χ2v) is 9.35. The number of halogens is 4. The molecular formula is C30H26F4N6O3. The minimum atomic E-state index is -4.61. The number of aromatic nitrogens is 1. The van der Waals surface area contributed by atoms with Crippen molar-refractivity contribution >= 4 is 35.0 Å². The molecule has 0 aliphatic heterocycles. The second kappa shape index (κ2) is 13.0. The van der Waals surface area contributed by atoms with Crippen LogP contribution in [-0.2, 0) is 4.79 Å². The molecular weight excluding hydrogens is 568 g/mol. The third-order valence-corrected chi connectivity index (χ3v) is 6.15. The van der Waals surface area contributed by atoms with E-state index in [-0.39, 0.29) is 40.5 Å². The van der Waals surface area contributed by atoms with E-state index in [2.05, 4.69) is 20.6 Å². The highest BCUT2D eigenvalue weighted by molar-refractivity contribution is 5.98. The number of ether oxygens (including phenoxy) is 1. The van der Waals surface area contributed by atoms with Crippen molar-refractivity contribution in [2.75, 3.05) is 17.2 Å². The summed E-state index contributed by atoms with van der Waals surface area (Å²) < 4.78 is 56.0. The molecule has 0 aliphatic rings. The van der Waals surface area contributed by atoms with Crippen LogP contribution in [-0.4, -0.2) is 35.5 Å². The Balaban J connectivity index is 1.41. The number of rotatable bonds is 9. The van der Waals surface area contributed by atoms with Gasteiger partial charge in [0.05, 0.1) is 11.6 Å². The molecule has 43 heavy (non-hydrogen) atoms. The molecule has 0 radical (unpaired) electrons. The predicted molar refractivity (Wildman–Crippen MR) is 155 cm³/mol. The van der Waals surface area contributed by atoms with E-state index in [4.69, 9.17) is 16.2 Å². The van der Waals surface area contributed by atoms with Gasteiger partial charge in [0.25, 0.3) is 0 Å². The van der Waals surface area contributed by atoms with Gasteiger partial charge in [-0.2, -0.15) is 18.2 Å². The second-order valence-electron chi connectivity index (χ2n) is 9.35. The maximum absolute atomic E-state index is 13.2. The normalized spacial score (nSPS) is 12.3. The molecule has 1 aromatic heterocycles. The van der Waals surface area contributed by atoms with E-state index in [0.717, 1.165) is 17.2 Å². The van der Waals surface area contributed by atoms with Crippen molar-refractivity contribution in [2.45, 2.75) is 19.0 Å². The van der Waals surface area contributed by atoms with E-state index in [1.165, 1.54) is 24.3 Å². The van der Waals surface area contributed by atoms with Gasteiger partial charge >= 0.3 is 6.18 Å². The highest BCUT2D eigenvalue weighted by Gasteiger charge is 2.29. The average Bonchev–Trinajstić information content (AvgIpc) is 2.97. The Hall–Kier alpha value is -5.46. The number of pyridine rings is 1. The number of nitrogens with one attached hydrogen (secondary N) is 2. The van der Waals surface area contributed by atoms with E-state index in [0.29, 0.717) is 11.3 Å². The first-order chi connectivity index (χ1) is 20.4. The van der Waals surface area contributed by atoms with Crippen molar-refractivity contribution in [3.8, 4) is 16.9 Å². The van der Waals surface area contributed by atoms with E-state index >= 15 is 0 Å². The number of aliphatic imine (C=N–C) groups is 1. The summed E-state index contributed by atoms with van der Waals surface area (Å²) in [7, 11) is 0. The Kier molecular flexibility index (Phi) is 9.23. The molecule has 1 unspecified atom stereocenters. The monoisotopic (exact) mass is 594 g/mol. The van der Waals surface area contributed by atoms with Gasteiger partial charge in [-0.25, -0.2) is 9.37 Å². The number of carbonyl (C=O) groups excluding carboxylic acids is 2. The molecule has 0 aliphatic carbocycles. The number of primary amides is 1. The van der Waals surface area contributed by atoms with Crippen molar-refractivity contribution in [2.24, 2.45) is 16.5 Å². The van der Waals surface area contributed by atoms with Crippen molar-refractivity contribution < 1.29 is 31.9 Å². The molecule has 1 heterocycles. The van der Waals surface area contributed by atoms with Crippen molar-refractivity contribution in [3.05, 3.63) is 102 Å². The van der Waals surface area contributed by atoms with Gasteiger partial charge in [-0.3, -0.25) is 9.59 Å². The molecule has 9 nitrogen and oxygen atoms in total. The smallest absolute Gasteiger partial charge is 0.422 e. The summed E-state index contributed by atoms with van der Waals surface area (Å²) in [6.07, 6.45) is -3.06. The molecule has 4 rings (SSSR count). The average molecular weight is 595 g/mol. The van der Waals surface area contributed by atoms with Gasteiger partial charge in [0.15, 0.2) is 18.4 Å². The van der Waals surface area contributed by atoms with Crippen LogP contribution in [0.1, 0.15) is 28.8 Å². The van der Waals surface area contributed by atoms with E-state index in [9.17, 15) is 27.2 Å². The topological polar surface area (TPSA) is 145 Å². The lowest BCUT2D eigenvalue weighted by Gasteiger charge is -2.15. The Morgan fingerprint density at radius 3 is 2.21 bits per heavy atom. The first-order valence-electron chi connectivity index (χ1n) is 12.8. The Morgan fingerprint density at radius 1 is 0.930 bits per heavy atom. The first-order valence-corrected chi connectivity index (χ1v) is 12.8. The van der Waals surface area contributed by atoms with Crippen LogP contribution in [0.15, 0.2) is 90.1 Å². The molecule has 0 fully saturated rings. The maximum atomic E-state index is 13.2. The largest absolute Gasteiger partial charge is 0.482 e. The van der Waals surface area contributed by atoms with Gasteiger partial charge in [-0.05, 0) is 72.6 Å². The Bertz CT molecular complexity index is 1620. The number of guanidine groups is 1. The standard InChI is InChI=1S/C30H26F4N6O3/c1-17(18-2-8-22(31)9-3-18)28(42)38-23-10-4-19(5-11-23)21-7-13-26(37-15-21)40-29(36)39-24-12-6-20(27(35)41)14-25(24)43-16-30(32,33)34/h2-15,17H,16H2,1H3,(H2,35,41)(H,38,42)(H3,36,37,39,40). The van der Waals surface area contributed by atoms with Crippen LogP contribution < -0.4 is 26.8 Å². The lowest BCUT2D eigenvalue weighted by atomic mass is 10.00. The van der Waals surface area contributed by atoms with E-state index in [1.807, 2.05) is 0 Å². The molecule has 222 valence electrons. The molecule has 0 bridgehead atoms. The summed E-state index contributed by atoms with van der Waals surface area (Å²) in [5.41, 5.74) is 14.0. The zero-order valence-electron chi connectivity index (χ0n) is 22.7. The summed E-state index contributed by atoms with van der Waals surface area (Å²) >= 11 is 0. The van der Waals surface area contributed by atoms with Crippen LogP contribution in [0.2, 0.25) is 0 Å². The number of nitrogens with two attached hydrogens (primary N) is 2. The fourth-order valence-electron chi connectivity index (χ4n) is 3.87. The number of amides is 2. The molecule has 1 atom stereocenters. The van der Waals surface area contributed by atoms with Gasteiger partial charge in [0.2, 0.25) is 11.8 Å². The Labute approximate surface area is 243 Å². The lowest BCUT2D eigenvalue weighted by Crippen LogP contribution is -2.24. The van der Waals surface area contributed by atoms with Crippen LogP contribution in [0.25, 0.3) is 11.1 Å². The molecule has 0 saturated carbocycles. The third kappa shape index (κ3) is 8.52. The van der Waals surface area contributed by atoms with Crippen molar-refractivity contribution in [1.29, 1.82) is 0 Å². The van der Waals surface area contributed by atoms with Crippen molar-refractivity contribution in [1.82, 2.24) is 4.98 Å². The van der Waals surface area contributed by atoms with Gasteiger partial charge in [-0.15, -0.1) is 0 Å². The van der Waals surface area contributed by atoms with E-state index < -0.39 is 24.6 Å². The SMILES string of the molecule is CC(C(=O)Nc1ccc(-c2ccc(N=C(N)Nc3ccc(C(N)=O)cc3OCC(F)(F)F)nc2)cc1)c1ccc(F)cc1. The summed E-state index contributed by atoms with van der Waals surface area (Å²) in [6, 6.07) is 19.8. The van der Waals surface area contributed by atoms with Crippen LogP contribution in [0.3, 0.4) is 0 Å². The molecule has 3 aromatic carbocycles. The van der Waals surface area contributed by atoms with Crippen LogP contribution in [0, 0.1) is 5.82 Å². The predicted octanol–water partition coefficient (Wildman–Crippen LogP) is 5.73. The van der Waals surface area contributed by atoms with Gasteiger partial charge in [0.1, 0.15) is 11.6 Å². The summed E-state index contributed by atoms with van der Waals surface area (Å²) in [4.78, 5) is 32.4. The number of hydrogen-bond donors (Lipinski definition) is 4. The zero-order chi connectivity index (χ0) is 31.1. The summed E-state index contributed by atoms with van der Waals surface area (Å²) in [5.74, 6) is -2.21. The number of benzene rings is 3. The summed E-state index contributed by atoms with van der Waals surface area (Å²) in [5, 5.41) is 5.48. The molecule has 13 heteroatoms. The first kappa shape index (κ1) is 30.5. The van der Waals surface area contributed by atoms with Crippen LogP contribution in [0.5, 0.6) is 5.75 Å². The quantitative estimate of drug-likeness (QED) is 0.111. The molecule has 6 N–H and O–H groups in total. The number of anilines is 2. The minimum Gasteiger partial charge on any atom is -0.482 e. The zero-order valence-corrected chi connectivity index (χ0v) is 22.7. The molecule has 2 amide bonds. The number of nitrogens with zero attached hydrogens (tertiary/aromatic N) is 2. The maximum Gasteiger partial charge on any atom is 0.422 e.